The standard InChI is InChI=1S/C52H66B2O12/c1-5-9-13-17-33-36-23-32-20-21-43(36)59-28-62-48-39(33)25-40-34(18-14-10-6-2)37-24-38-35(19-15-11-7-3)41-26-42-51(65-31-66-52(32,42)22-16-12-8-4)47(54(57)58)50(41)64-30-61-45(38)27-44(37)60-29-63-49(40)46(48)53(55)56/h20-21,23-27,33-35,55-58H,5-19,22,28-31H2,1-4H3. The van der Waals surface area contributed by atoms with Gasteiger partial charge in [-0.15, -0.1) is 0 Å². The third kappa shape index (κ3) is 8.50. The van der Waals surface area contributed by atoms with Gasteiger partial charge in [-0.25, -0.2) is 0 Å². The summed E-state index contributed by atoms with van der Waals surface area (Å²) in [6.07, 6.45) is 14.3. The molecule has 5 aliphatic rings. The first-order valence-electron chi connectivity index (χ1n) is 24.7. The molecular weight excluding hydrogens is 838 g/mol. The van der Waals surface area contributed by atoms with Crippen LogP contribution < -0.4 is 44.1 Å². The van der Waals surface area contributed by atoms with Gasteiger partial charge >= 0.3 is 14.2 Å². The van der Waals surface area contributed by atoms with Gasteiger partial charge in [0.1, 0.15) is 45.8 Å². The maximum Gasteiger partial charge on any atom is 0.496 e. The smallest absolute Gasteiger partial charge is 0.467 e. The average molecular weight is 905 g/mol. The van der Waals surface area contributed by atoms with Gasteiger partial charge in [0.05, 0.1) is 10.9 Å². The lowest BCUT2D eigenvalue weighted by atomic mass is 9.68. The lowest BCUT2D eigenvalue weighted by molar-refractivity contribution is -0.114. The van der Waals surface area contributed by atoms with Crippen LogP contribution in [-0.4, -0.2) is 61.5 Å². The van der Waals surface area contributed by atoms with Crippen molar-refractivity contribution >= 4 is 25.2 Å². The van der Waals surface area contributed by atoms with E-state index < -0.39 is 19.8 Å². The van der Waals surface area contributed by atoms with E-state index in [0.29, 0.717) is 58.7 Å². The number of ether oxygens (including phenoxy) is 8. The minimum absolute atomic E-state index is 0.128. The Morgan fingerprint density at radius 3 is 1.41 bits per heavy atom. The van der Waals surface area contributed by atoms with Gasteiger partial charge in [0.25, 0.3) is 0 Å². The van der Waals surface area contributed by atoms with Crippen molar-refractivity contribution in [2.45, 2.75) is 154 Å². The van der Waals surface area contributed by atoms with Crippen molar-refractivity contribution in [2.75, 3.05) is 27.2 Å². The monoisotopic (exact) mass is 904 g/mol. The zero-order chi connectivity index (χ0) is 46.0. The lowest BCUT2D eigenvalue weighted by Crippen LogP contribution is -2.43. The fourth-order valence-corrected chi connectivity index (χ4v) is 11.3. The van der Waals surface area contributed by atoms with Crippen LogP contribution in [0.3, 0.4) is 0 Å². The van der Waals surface area contributed by atoms with Crippen LogP contribution in [0.2, 0.25) is 0 Å². The van der Waals surface area contributed by atoms with Crippen LogP contribution in [0.1, 0.15) is 193 Å². The Morgan fingerprint density at radius 1 is 0.455 bits per heavy atom. The van der Waals surface area contributed by atoms with Crippen molar-refractivity contribution in [2.24, 2.45) is 0 Å². The van der Waals surface area contributed by atoms with Gasteiger partial charge < -0.3 is 58.0 Å². The molecule has 0 spiro atoms. The number of rotatable bonds is 18. The van der Waals surface area contributed by atoms with E-state index in [1.54, 1.807) is 0 Å². The molecule has 0 saturated heterocycles. The van der Waals surface area contributed by atoms with Crippen molar-refractivity contribution in [3.05, 3.63) is 87.0 Å². The quantitative estimate of drug-likeness (QED) is 0.0557. The molecule has 0 saturated carbocycles. The second-order valence-electron chi connectivity index (χ2n) is 18.7. The van der Waals surface area contributed by atoms with E-state index in [-0.39, 0.29) is 55.9 Å². The maximum absolute atomic E-state index is 11.5. The first kappa shape index (κ1) is 46.5. The minimum Gasteiger partial charge on any atom is -0.467 e. The highest BCUT2D eigenvalue weighted by Crippen LogP contribution is 2.55. The largest absolute Gasteiger partial charge is 0.496 e. The summed E-state index contributed by atoms with van der Waals surface area (Å²) in [5.74, 6) is 2.31. The van der Waals surface area contributed by atoms with E-state index in [4.69, 9.17) is 37.9 Å². The van der Waals surface area contributed by atoms with Crippen molar-refractivity contribution in [1.82, 2.24) is 0 Å². The van der Waals surface area contributed by atoms with Crippen LogP contribution in [0.4, 0.5) is 0 Å². The van der Waals surface area contributed by atoms with Crippen LogP contribution in [0.25, 0.3) is 0 Å². The SMILES string of the molecule is CCCCCC1c2cc3ccc2OCOc2c1cc1c(c2B(O)O)OCOc2cc4c(cc2C1CCCCC)C(CCCCC)c1cc2c(c(B(O)O)c1OCO4)OCOC32CCCCC. The van der Waals surface area contributed by atoms with E-state index in [1.807, 2.05) is 12.1 Å². The second kappa shape index (κ2) is 20.3. The molecule has 352 valence electrons. The van der Waals surface area contributed by atoms with E-state index >= 15 is 0 Å². The Kier molecular flexibility index (Phi) is 14.3. The highest BCUT2D eigenvalue weighted by atomic mass is 16.7. The molecule has 4 aromatic rings. The molecule has 1 aliphatic carbocycles. The average Bonchev–Trinajstić information content (AvgIpc) is 3.29. The lowest BCUT2D eigenvalue weighted by Gasteiger charge is -2.42. The van der Waals surface area contributed by atoms with Gasteiger partial charge in [0.2, 0.25) is 20.4 Å². The van der Waals surface area contributed by atoms with Crippen molar-refractivity contribution in [3.63, 3.8) is 0 Å². The van der Waals surface area contributed by atoms with Gasteiger partial charge in [0.15, 0.2) is 6.79 Å². The molecule has 0 aromatic heterocycles. The molecule has 0 radical (unpaired) electrons. The van der Waals surface area contributed by atoms with Gasteiger partial charge in [-0.3, -0.25) is 0 Å². The van der Waals surface area contributed by atoms with Crippen LogP contribution in [-0.2, 0) is 10.3 Å². The molecule has 66 heavy (non-hydrogen) atoms. The van der Waals surface area contributed by atoms with Crippen LogP contribution in [0, 0.1) is 0 Å². The van der Waals surface area contributed by atoms with Crippen molar-refractivity contribution < 1.29 is 58.0 Å². The molecule has 4 aliphatic heterocycles. The number of unbranched alkanes of at least 4 members (excludes halogenated alkanes) is 8. The molecule has 4 atom stereocenters. The topological polar surface area (TPSA) is 155 Å². The minimum atomic E-state index is -1.93. The Morgan fingerprint density at radius 2 is 0.894 bits per heavy atom. The number of benzene rings is 4. The molecule has 4 heterocycles. The molecule has 4 unspecified atom stereocenters. The fourth-order valence-electron chi connectivity index (χ4n) is 11.3. The highest BCUT2D eigenvalue weighted by Gasteiger charge is 2.47. The number of fused-ring (bicyclic) bond motifs is 2. The normalized spacial score (nSPS) is 20.6. The predicted molar refractivity (Wildman–Crippen MR) is 253 cm³/mol. The van der Waals surface area contributed by atoms with E-state index in [9.17, 15) is 20.1 Å². The summed E-state index contributed by atoms with van der Waals surface area (Å²) in [6, 6.07) is 14.8. The predicted octanol–water partition coefficient (Wildman–Crippen LogP) is 8.87. The first-order chi connectivity index (χ1) is 32.2. The molecular formula is C52H66B2O12. The Hall–Kier alpha value is -4.59. The van der Waals surface area contributed by atoms with Crippen LogP contribution in [0.15, 0.2) is 42.5 Å². The van der Waals surface area contributed by atoms with E-state index in [0.717, 1.165) is 129 Å². The molecule has 9 rings (SSSR count). The second-order valence-corrected chi connectivity index (χ2v) is 18.7. The molecule has 4 aromatic carbocycles. The van der Waals surface area contributed by atoms with Crippen LogP contribution >= 0.6 is 0 Å². The Bertz CT molecular complexity index is 2370. The number of hydrogen-bond acceptors (Lipinski definition) is 12. The molecule has 0 fully saturated rings. The zero-order valence-electron chi connectivity index (χ0n) is 39.1. The summed E-state index contributed by atoms with van der Waals surface area (Å²) >= 11 is 0. The maximum atomic E-state index is 11.5. The summed E-state index contributed by atoms with van der Waals surface area (Å²) < 4.78 is 52.6. The Labute approximate surface area is 390 Å². The van der Waals surface area contributed by atoms with Crippen LogP contribution in [0.5, 0.6) is 40.2 Å². The third-order valence-corrected chi connectivity index (χ3v) is 14.6. The molecule has 12 nitrogen and oxygen atoms in total. The summed E-state index contributed by atoms with van der Waals surface area (Å²) in [4.78, 5) is 0. The summed E-state index contributed by atoms with van der Waals surface area (Å²) in [6.45, 7) is 8.04. The molecule has 0 amide bonds. The summed E-state index contributed by atoms with van der Waals surface area (Å²) in [5.41, 5.74) is 6.12. The third-order valence-electron chi connectivity index (χ3n) is 14.6. The molecule has 14 heteroatoms. The number of hydrogen-bond donors (Lipinski definition) is 4. The zero-order valence-corrected chi connectivity index (χ0v) is 39.1. The molecule has 8 bridgehead atoms. The first-order valence-corrected chi connectivity index (χ1v) is 24.7. The van der Waals surface area contributed by atoms with Gasteiger partial charge in [0, 0.05) is 62.8 Å². The van der Waals surface area contributed by atoms with Gasteiger partial charge in [-0.05, 0) is 68.0 Å². The Balaban J connectivity index is 1.45. The fraction of sp³-hybridized carbons (Fsp3) is 0.538. The molecule has 4 N–H and O–H groups in total. The van der Waals surface area contributed by atoms with Crippen molar-refractivity contribution in [3.8, 4) is 40.2 Å². The summed E-state index contributed by atoms with van der Waals surface area (Å²) in [7, 11) is -3.86. The van der Waals surface area contributed by atoms with E-state index in [2.05, 4.69) is 58.0 Å². The van der Waals surface area contributed by atoms with Gasteiger partial charge in [-0.1, -0.05) is 104 Å². The summed E-state index contributed by atoms with van der Waals surface area (Å²) in [5, 5.41) is 45.9. The van der Waals surface area contributed by atoms with Crippen molar-refractivity contribution in [1.29, 1.82) is 0 Å². The van der Waals surface area contributed by atoms with E-state index in [1.165, 1.54) is 0 Å². The highest BCUT2D eigenvalue weighted by molar-refractivity contribution is 6.61. The van der Waals surface area contributed by atoms with Gasteiger partial charge in [-0.2, -0.15) is 0 Å².